The lowest BCUT2D eigenvalue weighted by atomic mass is 10.1. The van der Waals surface area contributed by atoms with Gasteiger partial charge in [0.2, 0.25) is 0 Å². The van der Waals surface area contributed by atoms with Gasteiger partial charge in [0.05, 0.1) is 11.3 Å². The van der Waals surface area contributed by atoms with Crippen LogP contribution in [0.15, 0.2) is 29.8 Å². The lowest BCUT2D eigenvalue weighted by Crippen LogP contribution is -2.54. The van der Waals surface area contributed by atoms with Gasteiger partial charge in [-0.15, -0.1) is 11.3 Å². The lowest BCUT2D eigenvalue weighted by Gasteiger charge is -2.27. The molecule has 34 heavy (non-hydrogen) atoms. The second kappa shape index (κ2) is 8.43. The van der Waals surface area contributed by atoms with Crippen LogP contribution in [0.1, 0.15) is 44.1 Å². The molecule has 8 heteroatoms. The molecule has 0 atom stereocenters. The van der Waals surface area contributed by atoms with E-state index in [1.807, 2.05) is 58.2 Å². The summed E-state index contributed by atoms with van der Waals surface area (Å²) in [5.74, 6) is -1.41. The predicted molar refractivity (Wildman–Crippen MR) is 132 cm³/mol. The number of barbiturate groups is 1. The fourth-order valence-corrected chi connectivity index (χ4v) is 5.49. The fraction of sp³-hybridized carbons (Fsp3) is 0.231. The number of aromatic nitrogens is 1. The Labute approximate surface area is 201 Å². The van der Waals surface area contributed by atoms with Crippen molar-refractivity contribution in [3.05, 3.63) is 73.9 Å². The third-order valence-corrected chi connectivity index (χ3v) is 7.21. The smallest absolute Gasteiger partial charge is 0.308 e. The van der Waals surface area contributed by atoms with Gasteiger partial charge in [0.1, 0.15) is 16.6 Å². The molecule has 2 aromatic heterocycles. The molecule has 3 aromatic rings. The second-order valence-electron chi connectivity index (χ2n) is 8.54. The SMILES string of the molecule is Cc1cc(C)cc(N2C(=O)NC(=O)/C(=C\c3cc(C)n(-c4sc(C)c(C)c4C#N)c3C)C2=O)c1. The summed E-state index contributed by atoms with van der Waals surface area (Å²) in [4.78, 5) is 40.6. The van der Waals surface area contributed by atoms with Gasteiger partial charge in [-0.05, 0) is 88.1 Å². The molecular weight excluding hydrogens is 448 g/mol. The molecule has 0 radical (unpaired) electrons. The van der Waals surface area contributed by atoms with Crippen LogP contribution in [0.2, 0.25) is 0 Å². The molecule has 1 aliphatic heterocycles. The molecular formula is C26H24N4O3S. The van der Waals surface area contributed by atoms with E-state index in [1.54, 1.807) is 12.1 Å². The van der Waals surface area contributed by atoms with Gasteiger partial charge < -0.3 is 4.57 Å². The molecule has 0 bridgehead atoms. The zero-order valence-electron chi connectivity index (χ0n) is 19.9. The maximum atomic E-state index is 13.3. The molecule has 1 N–H and O–H groups in total. The van der Waals surface area contributed by atoms with E-state index in [9.17, 15) is 19.6 Å². The Morgan fingerprint density at radius 2 is 1.62 bits per heavy atom. The van der Waals surface area contributed by atoms with Gasteiger partial charge in [0, 0.05) is 16.3 Å². The Bertz CT molecular complexity index is 1450. The first-order valence-electron chi connectivity index (χ1n) is 10.7. The average Bonchev–Trinajstić information content (AvgIpc) is 3.18. The molecule has 0 aliphatic carbocycles. The van der Waals surface area contributed by atoms with E-state index >= 15 is 0 Å². The van der Waals surface area contributed by atoms with Crippen LogP contribution in [-0.4, -0.2) is 22.4 Å². The Balaban J connectivity index is 1.81. The highest BCUT2D eigenvalue weighted by molar-refractivity contribution is 7.14. The molecule has 3 heterocycles. The standard InChI is InChI=1S/C26H24N4O3S/c1-13-7-14(2)9-20(8-13)30-24(32)21(23(31)28-26(30)33)11-19-10-15(3)29(17(19)5)25-22(12-27)16(4)18(6)34-25/h7-11H,1-6H3,(H,28,31,33)/b21-11+. The number of aryl methyl sites for hydroxylation is 4. The Kier molecular flexibility index (Phi) is 5.75. The maximum Gasteiger partial charge on any atom is 0.335 e. The number of benzene rings is 1. The van der Waals surface area contributed by atoms with Crippen molar-refractivity contribution in [2.45, 2.75) is 41.5 Å². The van der Waals surface area contributed by atoms with Crippen LogP contribution in [-0.2, 0) is 9.59 Å². The first kappa shape index (κ1) is 23.2. The topological polar surface area (TPSA) is 95.2 Å². The van der Waals surface area contributed by atoms with Crippen LogP contribution >= 0.6 is 11.3 Å². The Morgan fingerprint density at radius 3 is 2.24 bits per heavy atom. The first-order valence-corrected chi connectivity index (χ1v) is 11.5. The minimum atomic E-state index is -0.772. The van der Waals surface area contributed by atoms with E-state index in [0.29, 0.717) is 16.8 Å². The quantitative estimate of drug-likeness (QED) is 0.432. The van der Waals surface area contributed by atoms with E-state index in [1.165, 1.54) is 17.4 Å². The van der Waals surface area contributed by atoms with Crippen LogP contribution in [0, 0.1) is 52.9 Å². The third kappa shape index (κ3) is 3.74. The number of amides is 4. The molecule has 0 spiro atoms. The number of urea groups is 1. The van der Waals surface area contributed by atoms with Gasteiger partial charge in [-0.2, -0.15) is 5.26 Å². The number of nitrogens with zero attached hydrogens (tertiary/aromatic N) is 3. The van der Waals surface area contributed by atoms with E-state index in [4.69, 9.17) is 0 Å². The Morgan fingerprint density at radius 1 is 0.971 bits per heavy atom. The Hall–Kier alpha value is -3.96. The zero-order valence-corrected chi connectivity index (χ0v) is 20.7. The highest BCUT2D eigenvalue weighted by atomic mass is 32.1. The normalized spacial score (nSPS) is 15.1. The monoisotopic (exact) mass is 472 g/mol. The van der Waals surface area contributed by atoms with E-state index in [0.717, 1.165) is 42.9 Å². The molecule has 1 aliphatic rings. The zero-order chi connectivity index (χ0) is 24.9. The summed E-state index contributed by atoms with van der Waals surface area (Å²) < 4.78 is 1.97. The van der Waals surface area contributed by atoms with Gasteiger partial charge >= 0.3 is 6.03 Å². The molecule has 1 saturated heterocycles. The van der Waals surface area contributed by atoms with Crippen molar-refractivity contribution in [1.29, 1.82) is 5.26 Å². The number of carbonyl (C=O) groups is 3. The first-order chi connectivity index (χ1) is 16.0. The summed E-state index contributed by atoms with van der Waals surface area (Å²) in [6.45, 7) is 11.4. The second-order valence-corrected chi connectivity index (χ2v) is 9.74. The number of imide groups is 2. The number of rotatable bonds is 3. The van der Waals surface area contributed by atoms with Gasteiger partial charge in [0.15, 0.2) is 0 Å². The largest absolute Gasteiger partial charge is 0.335 e. The molecule has 4 rings (SSSR count). The van der Waals surface area contributed by atoms with Gasteiger partial charge in [0.25, 0.3) is 11.8 Å². The van der Waals surface area contributed by atoms with Crippen molar-refractivity contribution in [3.63, 3.8) is 0 Å². The predicted octanol–water partition coefficient (Wildman–Crippen LogP) is 4.93. The number of hydrogen-bond donors (Lipinski definition) is 1. The number of thiophene rings is 1. The number of nitrogens with one attached hydrogen (secondary N) is 1. The van der Waals surface area contributed by atoms with Gasteiger partial charge in [-0.1, -0.05) is 6.07 Å². The lowest BCUT2D eigenvalue weighted by molar-refractivity contribution is -0.122. The molecule has 0 unspecified atom stereocenters. The molecule has 1 aromatic carbocycles. The van der Waals surface area contributed by atoms with Crippen molar-refractivity contribution < 1.29 is 14.4 Å². The number of nitriles is 1. The van der Waals surface area contributed by atoms with Crippen molar-refractivity contribution in [2.75, 3.05) is 4.90 Å². The highest BCUT2D eigenvalue weighted by Gasteiger charge is 2.37. The minimum absolute atomic E-state index is 0.127. The van der Waals surface area contributed by atoms with Crippen LogP contribution < -0.4 is 10.2 Å². The molecule has 4 amide bonds. The number of anilines is 1. The number of carbonyl (C=O) groups excluding carboxylic acids is 3. The average molecular weight is 473 g/mol. The highest BCUT2D eigenvalue weighted by Crippen LogP contribution is 2.34. The van der Waals surface area contributed by atoms with Crippen LogP contribution in [0.4, 0.5) is 10.5 Å². The van der Waals surface area contributed by atoms with Crippen LogP contribution in [0.3, 0.4) is 0 Å². The molecule has 172 valence electrons. The summed E-state index contributed by atoms with van der Waals surface area (Å²) >= 11 is 1.53. The summed E-state index contributed by atoms with van der Waals surface area (Å²) in [5, 5.41) is 12.8. The summed E-state index contributed by atoms with van der Waals surface area (Å²) in [7, 11) is 0. The summed E-state index contributed by atoms with van der Waals surface area (Å²) in [6, 6.07) is 8.79. The van der Waals surface area contributed by atoms with E-state index < -0.39 is 17.8 Å². The van der Waals surface area contributed by atoms with Gasteiger partial charge in [-0.3, -0.25) is 14.9 Å². The summed E-state index contributed by atoms with van der Waals surface area (Å²) in [6.07, 6.45) is 1.51. The van der Waals surface area contributed by atoms with E-state index in [-0.39, 0.29) is 5.57 Å². The third-order valence-electron chi connectivity index (χ3n) is 6.02. The van der Waals surface area contributed by atoms with Crippen LogP contribution in [0.25, 0.3) is 11.1 Å². The molecule has 1 fully saturated rings. The van der Waals surface area contributed by atoms with Crippen molar-refractivity contribution in [3.8, 4) is 11.1 Å². The van der Waals surface area contributed by atoms with E-state index in [2.05, 4.69) is 11.4 Å². The van der Waals surface area contributed by atoms with Crippen LogP contribution in [0.5, 0.6) is 0 Å². The maximum absolute atomic E-state index is 13.3. The van der Waals surface area contributed by atoms with Gasteiger partial charge in [-0.25, -0.2) is 9.69 Å². The fourth-order valence-electron chi connectivity index (χ4n) is 4.27. The van der Waals surface area contributed by atoms with Crippen molar-refractivity contribution >= 4 is 40.9 Å². The van der Waals surface area contributed by atoms with Crippen molar-refractivity contribution in [1.82, 2.24) is 9.88 Å². The molecule has 0 saturated carbocycles. The summed E-state index contributed by atoms with van der Waals surface area (Å²) in [5.41, 5.74) is 5.96. The minimum Gasteiger partial charge on any atom is -0.308 e. The number of hydrogen-bond acceptors (Lipinski definition) is 5. The van der Waals surface area contributed by atoms with Crippen molar-refractivity contribution in [2.24, 2.45) is 0 Å². The molecule has 7 nitrogen and oxygen atoms in total.